The lowest BCUT2D eigenvalue weighted by Gasteiger charge is -2.61. The van der Waals surface area contributed by atoms with Crippen LogP contribution in [0.4, 0.5) is 0 Å². The molecule has 8 rings (SSSR count). The standard InChI is InChI=1S/C40H66O12/c1-19-7-13-40(14-8-19)20(2)29-26(52-40)16-25-23-6-5-21-15-22(9-11-38(21,3)24(23)10-12-39(25,29)4)48-37-35(33(46)31(44)28(18-42)50-37)51-36-34(47)32(45)30(43)27(17-41)49-36/h19-37,41-47H,5-18H2,1-4H3/t19?,20-,21+,22-,23+,24-,25-,26-,27+,28+,29-,30+,31+,32-,33-,34+,35+,36-,37+,38-,39-,40?/m0/s1. The quantitative estimate of drug-likeness (QED) is 0.198. The first-order valence-electron chi connectivity index (χ1n) is 20.7. The Morgan fingerprint density at radius 1 is 0.635 bits per heavy atom. The van der Waals surface area contributed by atoms with Crippen molar-refractivity contribution in [3.63, 3.8) is 0 Å². The van der Waals surface area contributed by atoms with Crippen molar-refractivity contribution in [3.05, 3.63) is 0 Å². The van der Waals surface area contributed by atoms with Crippen molar-refractivity contribution in [2.45, 2.75) is 184 Å². The Morgan fingerprint density at radius 2 is 1.29 bits per heavy atom. The highest BCUT2D eigenvalue weighted by Crippen LogP contribution is 2.71. The van der Waals surface area contributed by atoms with Gasteiger partial charge in [0.15, 0.2) is 12.6 Å². The van der Waals surface area contributed by atoms with E-state index >= 15 is 0 Å². The van der Waals surface area contributed by atoms with Crippen molar-refractivity contribution >= 4 is 0 Å². The summed E-state index contributed by atoms with van der Waals surface area (Å²) < 4.78 is 31.3. The maximum atomic E-state index is 11.2. The topological polar surface area (TPSA) is 188 Å². The third-order valence-electron chi connectivity index (χ3n) is 16.9. The smallest absolute Gasteiger partial charge is 0.187 e. The van der Waals surface area contributed by atoms with Gasteiger partial charge in [-0.2, -0.15) is 0 Å². The SMILES string of the molecule is CC1CCC2(CC1)O[C@H]1C[C@H]3[C@@H]4CC[C@@H]5C[C@@H](O[C@@H]6O[C@H](CO)[C@@H](O)[C@H](O)[C@H]6O[C@@H]6O[C@H](CO)[C@@H](O)[C@H](O)[C@H]6O)CC[C@]5(C)[C@H]4CC[C@]3(C)[C@H]1[C@@H]2C. The van der Waals surface area contributed by atoms with Gasteiger partial charge in [0.05, 0.1) is 31.0 Å². The Bertz CT molecular complexity index is 1260. The molecule has 20 atom stereocenters. The number of hydrogen-bond donors (Lipinski definition) is 7. The highest BCUT2D eigenvalue weighted by Gasteiger charge is 2.68. The summed E-state index contributed by atoms with van der Waals surface area (Å²) in [4.78, 5) is 0. The maximum Gasteiger partial charge on any atom is 0.187 e. The van der Waals surface area contributed by atoms with E-state index in [1.54, 1.807) is 0 Å². The molecule has 0 bridgehead atoms. The first-order chi connectivity index (χ1) is 24.7. The summed E-state index contributed by atoms with van der Waals surface area (Å²) in [6, 6.07) is 0. The highest BCUT2D eigenvalue weighted by molar-refractivity contribution is 5.16. The maximum absolute atomic E-state index is 11.2. The second kappa shape index (κ2) is 14.2. The van der Waals surface area contributed by atoms with Crippen LogP contribution in [0.25, 0.3) is 0 Å². The van der Waals surface area contributed by atoms with Crippen LogP contribution in [0, 0.1) is 52.3 Å². The van der Waals surface area contributed by atoms with Gasteiger partial charge >= 0.3 is 0 Å². The van der Waals surface area contributed by atoms with Crippen molar-refractivity contribution < 1.29 is 59.4 Å². The molecule has 0 aromatic rings. The van der Waals surface area contributed by atoms with E-state index in [2.05, 4.69) is 27.7 Å². The lowest BCUT2D eigenvalue weighted by molar-refractivity contribution is -0.373. The zero-order valence-corrected chi connectivity index (χ0v) is 31.5. The number of hydrogen-bond acceptors (Lipinski definition) is 12. The fourth-order valence-corrected chi connectivity index (χ4v) is 13.8. The molecule has 8 aliphatic rings. The van der Waals surface area contributed by atoms with Crippen LogP contribution in [0.3, 0.4) is 0 Å². The van der Waals surface area contributed by atoms with E-state index in [0.29, 0.717) is 47.0 Å². The van der Waals surface area contributed by atoms with E-state index in [1.165, 1.54) is 51.4 Å². The van der Waals surface area contributed by atoms with Crippen LogP contribution in [0.1, 0.15) is 105 Å². The average Bonchev–Trinajstić information content (AvgIpc) is 3.58. The van der Waals surface area contributed by atoms with Crippen LogP contribution < -0.4 is 0 Å². The molecule has 12 heteroatoms. The van der Waals surface area contributed by atoms with Crippen molar-refractivity contribution in [2.75, 3.05) is 13.2 Å². The normalized spacial score (nSPS) is 59.0. The number of fused-ring (bicyclic) bond motifs is 7. The Hall–Kier alpha value is -0.480. The first kappa shape index (κ1) is 38.4. The Morgan fingerprint density at radius 3 is 1.98 bits per heavy atom. The second-order valence-electron chi connectivity index (χ2n) is 19.2. The van der Waals surface area contributed by atoms with E-state index in [1.807, 2.05) is 0 Å². The Kier molecular flexibility index (Phi) is 10.5. The molecule has 12 nitrogen and oxygen atoms in total. The molecule has 0 aromatic carbocycles. The molecule has 5 aliphatic carbocycles. The van der Waals surface area contributed by atoms with E-state index in [-0.39, 0.29) is 17.1 Å². The summed E-state index contributed by atoms with van der Waals surface area (Å²) in [7, 11) is 0. The van der Waals surface area contributed by atoms with Gasteiger partial charge in [-0.25, -0.2) is 0 Å². The highest BCUT2D eigenvalue weighted by atomic mass is 16.8. The van der Waals surface area contributed by atoms with Gasteiger partial charge in [-0.1, -0.05) is 27.7 Å². The zero-order chi connectivity index (χ0) is 36.9. The summed E-state index contributed by atoms with van der Waals surface area (Å²) in [5, 5.41) is 72.7. The second-order valence-corrected chi connectivity index (χ2v) is 19.2. The molecular formula is C40H66O12. The van der Waals surface area contributed by atoms with Crippen LogP contribution >= 0.6 is 0 Å². The molecule has 3 saturated heterocycles. The van der Waals surface area contributed by atoms with Crippen molar-refractivity contribution in [3.8, 4) is 0 Å². The lowest BCUT2D eigenvalue weighted by Crippen LogP contribution is -2.65. The fourth-order valence-electron chi connectivity index (χ4n) is 13.8. The van der Waals surface area contributed by atoms with E-state index in [9.17, 15) is 35.7 Å². The van der Waals surface area contributed by atoms with E-state index in [0.717, 1.165) is 31.6 Å². The number of aliphatic hydroxyl groups excluding tert-OH is 7. The third kappa shape index (κ3) is 5.99. The lowest BCUT2D eigenvalue weighted by atomic mass is 9.44. The van der Waals surface area contributed by atoms with Gasteiger partial charge in [0.25, 0.3) is 0 Å². The monoisotopic (exact) mass is 738 g/mol. The molecule has 0 amide bonds. The molecule has 7 N–H and O–H groups in total. The Balaban J connectivity index is 0.942. The molecule has 5 saturated carbocycles. The van der Waals surface area contributed by atoms with Gasteiger partial charge in [0, 0.05) is 0 Å². The van der Waals surface area contributed by atoms with Crippen LogP contribution in [0.2, 0.25) is 0 Å². The predicted octanol–water partition coefficient (Wildman–Crippen LogP) is 2.25. The third-order valence-corrected chi connectivity index (χ3v) is 16.9. The van der Waals surface area contributed by atoms with E-state index in [4.69, 9.17) is 23.7 Å². The van der Waals surface area contributed by atoms with Crippen molar-refractivity contribution in [1.29, 1.82) is 0 Å². The number of rotatable bonds is 6. The van der Waals surface area contributed by atoms with Crippen molar-refractivity contribution in [2.24, 2.45) is 52.3 Å². The minimum Gasteiger partial charge on any atom is -0.394 e. The summed E-state index contributed by atoms with van der Waals surface area (Å²) in [6.07, 6.45) is -0.514. The van der Waals surface area contributed by atoms with Gasteiger partial charge in [0.2, 0.25) is 0 Å². The van der Waals surface area contributed by atoms with Gasteiger partial charge in [-0.15, -0.1) is 0 Å². The first-order valence-corrected chi connectivity index (χ1v) is 20.7. The fraction of sp³-hybridized carbons (Fsp3) is 1.00. The molecule has 298 valence electrons. The van der Waals surface area contributed by atoms with Crippen LogP contribution in [0.5, 0.6) is 0 Å². The van der Waals surface area contributed by atoms with Gasteiger partial charge in [0.1, 0.15) is 48.8 Å². The molecular weight excluding hydrogens is 672 g/mol. The minimum absolute atomic E-state index is 0.0982. The molecule has 52 heavy (non-hydrogen) atoms. The molecule has 1 spiro atoms. The summed E-state index contributed by atoms with van der Waals surface area (Å²) >= 11 is 0. The summed E-state index contributed by atoms with van der Waals surface area (Å²) in [5.41, 5.74) is 0.628. The van der Waals surface area contributed by atoms with Gasteiger partial charge in [-0.3, -0.25) is 0 Å². The summed E-state index contributed by atoms with van der Waals surface area (Å²) in [5.74, 6) is 4.63. The molecule has 8 fully saturated rings. The van der Waals surface area contributed by atoms with Gasteiger partial charge in [-0.05, 0) is 129 Å². The minimum atomic E-state index is -1.70. The molecule has 3 heterocycles. The molecule has 0 radical (unpaired) electrons. The number of ether oxygens (including phenoxy) is 5. The summed E-state index contributed by atoms with van der Waals surface area (Å²) in [6.45, 7) is 8.88. The Labute approximate surface area is 308 Å². The van der Waals surface area contributed by atoms with Crippen molar-refractivity contribution in [1.82, 2.24) is 0 Å². The largest absolute Gasteiger partial charge is 0.394 e. The van der Waals surface area contributed by atoms with E-state index < -0.39 is 74.6 Å². The molecule has 0 aromatic heterocycles. The van der Waals surface area contributed by atoms with Gasteiger partial charge < -0.3 is 59.4 Å². The molecule has 0 unspecified atom stereocenters. The average molecular weight is 739 g/mol. The van der Waals surface area contributed by atoms with Crippen LogP contribution in [-0.4, -0.2) is 128 Å². The number of aliphatic hydroxyl groups is 7. The van der Waals surface area contributed by atoms with Crippen LogP contribution in [-0.2, 0) is 23.7 Å². The molecule has 3 aliphatic heterocycles. The van der Waals surface area contributed by atoms with Crippen LogP contribution in [0.15, 0.2) is 0 Å². The predicted molar refractivity (Wildman–Crippen MR) is 186 cm³/mol. The zero-order valence-electron chi connectivity index (χ0n) is 31.5.